The van der Waals surface area contributed by atoms with E-state index in [9.17, 15) is 4.79 Å². The second-order valence-electron chi connectivity index (χ2n) is 3.68. The maximum absolute atomic E-state index is 11.2. The molecule has 0 aliphatic carbocycles. The van der Waals surface area contributed by atoms with Gasteiger partial charge in [-0.2, -0.15) is 5.10 Å². The van der Waals surface area contributed by atoms with Gasteiger partial charge in [-0.3, -0.25) is 9.48 Å². The summed E-state index contributed by atoms with van der Waals surface area (Å²) >= 11 is 6.02. The van der Waals surface area contributed by atoms with E-state index in [1.807, 2.05) is 20.8 Å². The van der Waals surface area contributed by atoms with Crippen LogP contribution in [0.3, 0.4) is 0 Å². The van der Waals surface area contributed by atoms with Gasteiger partial charge in [-0.05, 0) is 20.4 Å². The van der Waals surface area contributed by atoms with Crippen LogP contribution in [0.2, 0.25) is 5.02 Å². The van der Waals surface area contributed by atoms with Crippen LogP contribution in [0.5, 0.6) is 0 Å². The number of halogens is 1. The molecule has 0 bridgehead atoms. The van der Waals surface area contributed by atoms with Crippen molar-refractivity contribution in [2.75, 3.05) is 6.54 Å². The van der Waals surface area contributed by atoms with E-state index in [1.54, 1.807) is 4.68 Å². The summed E-state index contributed by atoms with van der Waals surface area (Å²) in [6.45, 7) is 6.71. The number of carbonyl (C=O) groups is 1. The van der Waals surface area contributed by atoms with Crippen LogP contribution < -0.4 is 11.1 Å². The molecule has 0 aliphatic rings. The molecule has 90 valence electrons. The Bertz CT molecular complexity index is 388. The number of primary amides is 1. The van der Waals surface area contributed by atoms with E-state index in [4.69, 9.17) is 17.3 Å². The summed E-state index contributed by atoms with van der Waals surface area (Å²) in [5.74, 6) is -0.384. The molecule has 0 saturated carbocycles. The van der Waals surface area contributed by atoms with Gasteiger partial charge >= 0.3 is 0 Å². The lowest BCUT2D eigenvalue weighted by atomic mass is 10.2. The summed E-state index contributed by atoms with van der Waals surface area (Å²) in [5.41, 5.74) is 6.90. The summed E-state index contributed by atoms with van der Waals surface area (Å²) in [4.78, 5) is 11.2. The van der Waals surface area contributed by atoms with Crippen LogP contribution in [0, 0.1) is 13.8 Å². The molecule has 0 radical (unpaired) electrons. The highest BCUT2D eigenvalue weighted by Gasteiger charge is 2.17. The lowest BCUT2D eigenvalue weighted by molar-refractivity contribution is -0.120. The molecule has 0 spiro atoms. The molecule has 0 saturated heterocycles. The smallest absolute Gasteiger partial charge is 0.236 e. The lowest BCUT2D eigenvalue weighted by Gasteiger charge is -2.15. The number of aryl methyl sites for hydroxylation is 1. The van der Waals surface area contributed by atoms with Gasteiger partial charge in [0.25, 0.3) is 0 Å². The van der Waals surface area contributed by atoms with Gasteiger partial charge in [-0.25, -0.2) is 0 Å². The van der Waals surface area contributed by atoms with E-state index in [1.165, 1.54) is 0 Å². The van der Waals surface area contributed by atoms with Gasteiger partial charge < -0.3 is 11.1 Å². The van der Waals surface area contributed by atoms with Crippen LogP contribution in [0.1, 0.15) is 18.3 Å². The second kappa shape index (κ2) is 5.32. The Morgan fingerprint density at radius 3 is 2.62 bits per heavy atom. The topological polar surface area (TPSA) is 72.9 Å². The Kier molecular flexibility index (Phi) is 4.32. The van der Waals surface area contributed by atoms with Gasteiger partial charge in [0.15, 0.2) is 0 Å². The molecular weight excluding hydrogens is 228 g/mol. The van der Waals surface area contributed by atoms with Crippen molar-refractivity contribution in [1.29, 1.82) is 0 Å². The largest absolute Gasteiger partial charge is 0.368 e. The number of nitrogens with one attached hydrogen (secondary N) is 1. The van der Waals surface area contributed by atoms with Gasteiger partial charge in [-0.1, -0.05) is 18.5 Å². The van der Waals surface area contributed by atoms with Crippen LogP contribution >= 0.6 is 11.6 Å². The van der Waals surface area contributed by atoms with Crippen molar-refractivity contribution in [1.82, 2.24) is 15.1 Å². The average Bonchev–Trinajstić information content (AvgIpc) is 2.45. The van der Waals surface area contributed by atoms with E-state index in [0.29, 0.717) is 18.1 Å². The molecule has 1 amide bonds. The number of carbonyl (C=O) groups excluding carboxylic acids is 1. The summed E-state index contributed by atoms with van der Waals surface area (Å²) < 4.78 is 1.70. The number of nitrogens with two attached hydrogens (primary N) is 1. The number of likely N-dealkylation sites (N-methyl/N-ethyl adjacent to an activating group) is 1. The zero-order chi connectivity index (χ0) is 12.3. The van der Waals surface area contributed by atoms with E-state index in [-0.39, 0.29) is 5.91 Å². The summed E-state index contributed by atoms with van der Waals surface area (Å²) in [6.07, 6.45) is 0. The van der Waals surface area contributed by atoms with Crippen molar-refractivity contribution in [3.05, 3.63) is 16.4 Å². The van der Waals surface area contributed by atoms with E-state index >= 15 is 0 Å². The maximum Gasteiger partial charge on any atom is 0.236 e. The van der Waals surface area contributed by atoms with Crippen molar-refractivity contribution in [2.45, 2.75) is 33.4 Å². The Morgan fingerprint density at radius 2 is 2.25 bits per heavy atom. The van der Waals surface area contributed by atoms with Gasteiger partial charge in [-0.15, -0.1) is 0 Å². The average molecular weight is 245 g/mol. The summed E-state index contributed by atoms with van der Waals surface area (Å²) in [7, 11) is 0. The normalized spacial score (nSPS) is 12.8. The van der Waals surface area contributed by atoms with Crippen molar-refractivity contribution < 1.29 is 4.79 Å². The van der Waals surface area contributed by atoms with Crippen molar-refractivity contribution in [3.63, 3.8) is 0 Å². The van der Waals surface area contributed by atoms with Gasteiger partial charge in [0.2, 0.25) is 5.91 Å². The van der Waals surface area contributed by atoms with Crippen LogP contribution in [0.15, 0.2) is 0 Å². The molecule has 3 N–H and O–H groups in total. The standard InChI is InChI=1S/C10H17ClN4O/c1-4-13-8(10(12)16)5-15-7(3)9(11)6(2)14-15/h8,13H,4-5H2,1-3H3,(H2,12,16). The van der Waals surface area contributed by atoms with E-state index in [0.717, 1.165) is 11.4 Å². The molecule has 1 aromatic rings. The molecule has 1 atom stereocenters. The third kappa shape index (κ3) is 2.74. The van der Waals surface area contributed by atoms with Gasteiger partial charge in [0, 0.05) is 0 Å². The third-order valence-electron chi connectivity index (χ3n) is 2.44. The molecule has 1 unspecified atom stereocenters. The van der Waals surface area contributed by atoms with Crippen LogP contribution in [0.25, 0.3) is 0 Å². The van der Waals surface area contributed by atoms with Crippen molar-refractivity contribution in [2.24, 2.45) is 5.73 Å². The Hall–Kier alpha value is -1.07. The first-order valence-electron chi connectivity index (χ1n) is 5.19. The zero-order valence-electron chi connectivity index (χ0n) is 9.75. The van der Waals surface area contributed by atoms with Crippen LogP contribution in [-0.4, -0.2) is 28.3 Å². The zero-order valence-corrected chi connectivity index (χ0v) is 10.5. The highest BCUT2D eigenvalue weighted by Crippen LogP contribution is 2.18. The first-order valence-corrected chi connectivity index (χ1v) is 5.57. The molecule has 1 heterocycles. The molecule has 1 aromatic heterocycles. The van der Waals surface area contributed by atoms with Crippen molar-refractivity contribution >= 4 is 17.5 Å². The highest BCUT2D eigenvalue weighted by molar-refractivity contribution is 6.31. The molecule has 1 rings (SSSR count). The van der Waals surface area contributed by atoms with Crippen LogP contribution in [-0.2, 0) is 11.3 Å². The van der Waals surface area contributed by atoms with E-state index < -0.39 is 6.04 Å². The van der Waals surface area contributed by atoms with E-state index in [2.05, 4.69) is 10.4 Å². The number of nitrogens with zero attached hydrogens (tertiary/aromatic N) is 2. The molecule has 6 heteroatoms. The number of aromatic nitrogens is 2. The predicted molar refractivity (Wildman–Crippen MR) is 63.4 cm³/mol. The Balaban J connectivity index is 2.85. The fourth-order valence-corrected chi connectivity index (χ4v) is 1.66. The fourth-order valence-electron chi connectivity index (χ4n) is 1.53. The predicted octanol–water partition coefficient (Wildman–Crippen LogP) is 0.617. The Morgan fingerprint density at radius 1 is 1.62 bits per heavy atom. The first-order chi connectivity index (χ1) is 7.47. The number of amides is 1. The lowest BCUT2D eigenvalue weighted by Crippen LogP contribution is -2.44. The minimum atomic E-state index is -0.418. The van der Waals surface area contributed by atoms with Crippen molar-refractivity contribution in [3.8, 4) is 0 Å². The number of hydrogen-bond donors (Lipinski definition) is 2. The minimum Gasteiger partial charge on any atom is -0.368 e. The monoisotopic (exact) mass is 244 g/mol. The summed E-state index contributed by atoms with van der Waals surface area (Å²) in [6, 6.07) is -0.418. The minimum absolute atomic E-state index is 0.384. The number of rotatable bonds is 5. The third-order valence-corrected chi connectivity index (χ3v) is 2.99. The quantitative estimate of drug-likeness (QED) is 0.798. The molecule has 0 aliphatic heterocycles. The number of hydrogen-bond acceptors (Lipinski definition) is 3. The van der Waals surface area contributed by atoms with Gasteiger partial charge in [0.05, 0.1) is 23.0 Å². The first kappa shape index (κ1) is 13.0. The Labute approximate surface area is 99.9 Å². The summed E-state index contributed by atoms with van der Waals surface area (Å²) in [5, 5.41) is 7.90. The van der Waals surface area contributed by atoms with Crippen LogP contribution in [0.4, 0.5) is 0 Å². The fraction of sp³-hybridized carbons (Fsp3) is 0.600. The maximum atomic E-state index is 11.2. The highest BCUT2D eigenvalue weighted by atomic mass is 35.5. The molecule has 16 heavy (non-hydrogen) atoms. The van der Waals surface area contributed by atoms with Gasteiger partial charge in [0.1, 0.15) is 6.04 Å². The second-order valence-corrected chi connectivity index (χ2v) is 4.06. The molecule has 0 aromatic carbocycles. The SMILES string of the molecule is CCNC(Cn1nc(C)c(Cl)c1C)C(N)=O. The molecular formula is C10H17ClN4O. The molecule has 5 nitrogen and oxygen atoms in total. The molecule has 0 fully saturated rings.